The number of nitrogens with one attached hydrogen (secondary N) is 2. The maximum Gasteiger partial charge on any atom is 0.229 e. The van der Waals surface area contributed by atoms with Gasteiger partial charge in [-0.15, -0.1) is 0 Å². The molecule has 2 aliphatic rings. The highest BCUT2D eigenvalue weighted by Crippen LogP contribution is 2.33. The molecule has 3 aromatic rings. The van der Waals surface area contributed by atoms with Crippen molar-refractivity contribution in [3.8, 4) is 5.88 Å². The lowest BCUT2D eigenvalue weighted by Gasteiger charge is -2.31. The molecule has 1 saturated heterocycles. The van der Waals surface area contributed by atoms with Crippen molar-refractivity contribution in [3.05, 3.63) is 42.4 Å². The van der Waals surface area contributed by atoms with Crippen LogP contribution in [0.2, 0.25) is 0 Å². The van der Waals surface area contributed by atoms with Gasteiger partial charge < -0.3 is 19.7 Å². The third-order valence-corrected chi connectivity index (χ3v) is 7.11. The molecule has 0 atom stereocenters. The second-order valence-electron chi connectivity index (χ2n) is 9.47. The summed E-state index contributed by atoms with van der Waals surface area (Å²) in [4.78, 5) is 15.9. The van der Waals surface area contributed by atoms with Gasteiger partial charge in [0.05, 0.1) is 54.1 Å². The van der Waals surface area contributed by atoms with Gasteiger partial charge in [0.25, 0.3) is 0 Å². The minimum absolute atomic E-state index is 0.0151. The predicted molar refractivity (Wildman–Crippen MR) is 140 cm³/mol. The smallest absolute Gasteiger partial charge is 0.229 e. The molecule has 4 heterocycles. The van der Waals surface area contributed by atoms with E-state index in [-0.39, 0.29) is 6.10 Å². The van der Waals surface area contributed by atoms with E-state index in [1.165, 1.54) is 6.20 Å². The molecule has 0 spiro atoms. The molecule has 2 N–H and O–H groups in total. The Labute approximate surface area is 211 Å². The number of hydrogen-bond donors (Lipinski definition) is 2. The molecular formula is C25H32N6O4S. The fourth-order valence-corrected chi connectivity index (χ4v) is 5.21. The standard InChI is InChI=1S/C25H32N6O4S/c1-17-3-4-19(15-26-17)28-18-5-7-21(8-6-18)35-25-22-13-20(30-36(2,32)33)16-27-23(22)14-24(29-25)31-9-11-34-12-10-31/h3-4,13-16,18,21,28,30H,5-12H2,1-2H3. The van der Waals surface area contributed by atoms with E-state index < -0.39 is 10.0 Å². The van der Waals surface area contributed by atoms with Gasteiger partial charge >= 0.3 is 0 Å². The Kier molecular flexibility index (Phi) is 7.10. The van der Waals surface area contributed by atoms with Crippen LogP contribution in [0.1, 0.15) is 31.4 Å². The van der Waals surface area contributed by atoms with Crippen LogP contribution in [-0.2, 0) is 14.8 Å². The number of rotatable bonds is 7. The zero-order chi connectivity index (χ0) is 25.1. The Morgan fingerprint density at radius 3 is 2.47 bits per heavy atom. The zero-order valence-corrected chi connectivity index (χ0v) is 21.4. The summed E-state index contributed by atoms with van der Waals surface area (Å²) in [5.74, 6) is 1.28. The molecule has 11 heteroatoms. The first kappa shape index (κ1) is 24.5. The van der Waals surface area contributed by atoms with Gasteiger partial charge in [0.2, 0.25) is 15.9 Å². The average Bonchev–Trinajstić information content (AvgIpc) is 2.86. The normalized spacial score (nSPS) is 20.8. The van der Waals surface area contributed by atoms with Crippen LogP contribution in [0.5, 0.6) is 5.88 Å². The number of sulfonamides is 1. The molecule has 3 aromatic heterocycles. The molecular weight excluding hydrogens is 480 g/mol. The van der Waals surface area contributed by atoms with Crippen molar-refractivity contribution < 1.29 is 17.9 Å². The largest absolute Gasteiger partial charge is 0.474 e. The number of ether oxygens (including phenoxy) is 2. The van der Waals surface area contributed by atoms with Crippen molar-refractivity contribution in [2.75, 3.05) is 47.5 Å². The third-order valence-electron chi connectivity index (χ3n) is 6.50. The number of hydrogen-bond acceptors (Lipinski definition) is 9. The van der Waals surface area contributed by atoms with Gasteiger partial charge in [0.15, 0.2) is 0 Å². The van der Waals surface area contributed by atoms with Crippen LogP contribution in [0.3, 0.4) is 0 Å². The summed E-state index contributed by atoms with van der Waals surface area (Å²) in [6, 6.07) is 8.11. The summed E-state index contributed by atoms with van der Waals surface area (Å²) in [7, 11) is -3.43. The highest BCUT2D eigenvalue weighted by molar-refractivity contribution is 7.92. The zero-order valence-electron chi connectivity index (χ0n) is 20.6. The predicted octanol–water partition coefficient (Wildman–Crippen LogP) is 3.34. The first-order valence-corrected chi connectivity index (χ1v) is 14.2. The molecule has 10 nitrogen and oxygen atoms in total. The number of nitrogens with zero attached hydrogens (tertiary/aromatic N) is 4. The molecule has 0 radical (unpaired) electrons. The Morgan fingerprint density at radius 2 is 1.78 bits per heavy atom. The fraction of sp³-hybridized carbons (Fsp3) is 0.480. The molecule has 192 valence electrons. The van der Waals surface area contributed by atoms with Crippen LogP contribution < -0.4 is 19.7 Å². The van der Waals surface area contributed by atoms with Crippen molar-refractivity contribution >= 4 is 38.1 Å². The van der Waals surface area contributed by atoms with Gasteiger partial charge in [-0.1, -0.05) is 0 Å². The van der Waals surface area contributed by atoms with Gasteiger partial charge in [0, 0.05) is 30.9 Å². The van der Waals surface area contributed by atoms with E-state index in [1.54, 1.807) is 6.07 Å². The number of fused-ring (bicyclic) bond motifs is 1. The van der Waals surface area contributed by atoms with Crippen molar-refractivity contribution in [1.82, 2.24) is 15.0 Å². The maximum absolute atomic E-state index is 11.8. The van der Waals surface area contributed by atoms with Gasteiger partial charge in [-0.05, 0) is 50.8 Å². The highest BCUT2D eigenvalue weighted by Gasteiger charge is 2.25. The Bertz CT molecular complexity index is 1300. The number of anilines is 3. The van der Waals surface area contributed by atoms with Crippen LogP contribution in [-0.4, -0.2) is 68.1 Å². The molecule has 0 aromatic carbocycles. The van der Waals surface area contributed by atoms with E-state index in [4.69, 9.17) is 14.5 Å². The lowest BCUT2D eigenvalue weighted by atomic mass is 9.93. The van der Waals surface area contributed by atoms with Crippen molar-refractivity contribution in [3.63, 3.8) is 0 Å². The summed E-state index contributed by atoms with van der Waals surface area (Å²) in [5, 5.41) is 4.26. The topological polar surface area (TPSA) is 119 Å². The van der Waals surface area contributed by atoms with Gasteiger partial charge in [-0.25, -0.2) is 8.42 Å². The summed E-state index contributed by atoms with van der Waals surface area (Å²) in [6.07, 6.45) is 8.24. The molecule has 36 heavy (non-hydrogen) atoms. The molecule has 0 bridgehead atoms. The van der Waals surface area contributed by atoms with Crippen LogP contribution in [0.25, 0.3) is 10.9 Å². The first-order valence-electron chi connectivity index (χ1n) is 12.3. The number of aryl methyl sites for hydroxylation is 1. The lowest BCUT2D eigenvalue weighted by Crippen LogP contribution is -2.37. The molecule has 5 rings (SSSR count). The molecule has 2 fully saturated rings. The van der Waals surface area contributed by atoms with Crippen LogP contribution >= 0.6 is 0 Å². The monoisotopic (exact) mass is 512 g/mol. The molecule has 1 aliphatic carbocycles. The molecule has 1 aliphatic heterocycles. The third kappa shape index (κ3) is 6.14. The minimum Gasteiger partial charge on any atom is -0.474 e. The van der Waals surface area contributed by atoms with E-state index in [0.717, 1.165) is 62.2 Å². The van der Waals surface area contributed by atoms with Crippen LogP contribution in [0.15, 0.2) is 36.7 Å². The van der Waals surface area contributed by atoms with Crippen LogP contribution in [0.4, 0.5) is 17.2 Å². The number of pyridine rings is 3. The highest BCUT2D eigenvalue weighted by atomic mass is 32.2. The summed E-state index contributed by atoms with van der Waals surface area (Å²) in [6.45, 7) is 4.77. The quantitative estimate of drug-likeness (QED) is 0.491. The summed E-state index contributed by atoms with van der Waals surface area (Å²) < 4.78 is 38.0. The number of aromatic nitrogens is 3. The SMILES string of the molecule is Cc1ccc(NC2CCC(Oc3nc(N4CCOCC4)cc4ncc(NS(C)(=O)=O)cc34)CC2)cn1. The van der Waals surface area contributed by atoms with Crippen molar-refractivity contribution in [2.24, 2.45) is 0 Å². The second-order valence-corrected chi connectivity index (χ2v) is 11.2. The molecule has 0 unspecified atom stereocenters. The van der Waals surface area contributed by atoms with Gasteiger partial charge in [-0.2, -0.15) is 4.98 Å². The van der Waals surface area contributed by atoms with E-state index >= 15 is 0 Å². The van der Waals surface area contributed by atoms with Crippen molar-refractivity contribution in [2.45, 2.75) is 44.8 Å². The van der Waals surface area contributed by atoms with E-state index in [1.807, 2.05) is 25.3 Å². The Morgan fingerprint density at radius 1 is 1.03 bits per heavy atom. The minimum atomic E-state index is -3.43. The average molecular weight is 513 g/mol. The maximum atomic E-state index is 11.8. The van der Waals surface area contributed by atoms with E-state index in [0.29, 0.717) is 41.7 Å². The fourth-order valence-electron chi connectivity index (χ4n) is 4.67. The Hall–Kier alpha value is -3.18. The van der Waals surface area contributed by atoms with Gasteiger partial charge in [-0.3, -0.25) is 14.7 Å². The van der Waals surface area contributed by atoms with E-state index in [2.05, 4.69) is 31.0 Å². The van der Waals surface area contributed by atoms with Crippen LogP contribution in [0, 0.1) is 6.92 Å². The molecule has 0 amide bonds. The van der Waals surface area contributed by atoms with E-state index in [9.17, 15) is 8.42 Å². The Balaban J connectivity index is 1.35. The summed E-state index contributed by atoms with van der Waals surface area (Å²) in [5.41, 5.74) is 3.13. The van der Waals surface area contributed by atoms with Gasteiger partial charge in [0.1, 0.15) is 11.9 Å². The summed E-state index contributed by atoms with van der Waals surface area (Å²) >= 11 is 0. The first-order chi connectivity index (χ1) is 17.3. The molecule has 1 saturated carbocycles. The lowest BCUT2D eigenvalue weighted by molar-refractivity contribution is 0.122. The van der Waals surface area contributed by atoms with Crippen molar-refractivity contribution in [1.29, 1.82) is 0 Å². The number of morpholine rings is 1. The second kappa shape index (κ2) is 10.4.